The molecule has 30 heavy (non-hydrogen) atoms. The number of hydrogen-bond acceptors (Lipinski definition) is 7. The van der Waals surface area contributed by atoms with Gasteiger partial charge < -0.3 is 5.32 Å². The van der Waals surface area contributed by atoms with Crippen molar-refractivity contribution in [1.29, 1.82) is 0 Å². The maximum absolute atomic E-state index is 13.8. The van der Waals surface area contributed by atoms with Crippen LogP contribution in [0.2, 0.25) is 0 Å². The van der Waals surface area contributed by atoms with Gasteiger partial charge in [0.1, 0.15) is 11.6 Å². The number of halogens is 1. The van der Waals surface area contributed by atoms with Crippen LogP contribution in [0.3, 0.4) is 0 Å². The van der Waals surface area contributed by atoms with E-state index in [0.29, 0.717) is 5.16 Å². The summed E-state index contributed by atoms with van der Waals surface area (Å²) in [6, 6.07) is 6.01. The third kappa shape index (κ3) is 5.70. The van der Waals surface area contributed by atoms with Gasteiger partial charge >= 0.3 is 0 Å². The van der Waals surface area contributed by atoms with Crippen molar-refractivity contribution < 1.29 is 18.8 Å². The van der Waals surface area contributed by atoms with Crippen LogP contribution in [0.5, 0.6) is 0 Å². The van der Waals surface area contributed by atoms with Crippen LogP contribution in [0.25, 0.3) is 6.08 Å². The average Bonchev–Trinajstić information content (AvgIpc) is 3.28. The zero-order valence-electron chi connectivity index (χ0n) is 16.2. The van der Waals surface area contributed by atoms with E-state index in [9.17, 15) is 18.8 Å². The van der Waals surface area contributed by atoms with Gasteiger partial charge in [0.05, 0.1) is 10.7 Å². The molecule has 1 aliphatic rings. The van der Waals surface area contributed by atoms with Crippen LogP contribution in [0.4, 0.5) is 9.18 Å². The molecule has 2 N–H and O–H groups in total. The van der Waals surface area contributed by atoms with Crippen molar-refractivity contribution in [3.8, 4) is 0 Å². The van der Waals surface area contributed by atoms with Gasteiger partial charge in [0.2, 0.25) is 11.1 Å². The van der Waals surface area contributed by atoms with Crippen LogP contribution in [0.1, 0.15) is 24.7 Å². The van der Waals surface area contributed by atoms with Crippen LogP contribution < -0.4 is 5.32 Å². The highest BCUT2D eigenvalue weighted by atomic mass is 32.2. The highest BCUT2D eigenvalue weighted by molar-refractivity contribution is 8.18. The highest BCUT2D eigenvalue weighted by Gasteiger charge is 2.34. The van der Waals surface area contributed by atoms with Crippen molar-refractivity contribution in [3.05, 3.63) is 46.4 Å². The fourth-order valence-corrected chi connectivity index (χ4v) is 4.11. The number of H-pyrrole nitrogens is 1. The predicted molar refractivity (Wildman–Crippen MR) is 113 cm³/mol. The largest absolute Gasteiger partial charge is 0.354 e. The number of aromatic amines is 1. The van der Waals surface area contributed by atoms with Gasteiger partial charge in [-0.2, -0.15) is 0 Å². The summed E-state index contributed by atoms with van der Waals surface area (Å²) in [5, 5.41) is 9.57. The van der Waals surface area contributed by atoms with Crippen LogP contribution in [0, 0.1) is 5.82 Å². The monoisotopic (exact) mass is 449 g/mol. The first kappa shape index (κ1) is 22.0. The molecule has 0 spiro atoms. The van der Waals surface area contributed by atoms with E-state index in [1.165, 1.54) is 30.0 Å². The molecule has 158 valence electrons. The second-order valence-electron chi connectivity index (χ2n) is 6.31. The van der Waals surface area contributed by atoms with Gasteiger partial charge in [-0.1, -0.05) is 36.9 Å². The molecule has 11 heteroatoms. The lowest BCUT2D eigenvalue weighted by Crippen LogP contribution is -2.37. The molecule has 0 unspecified atom stereocenters. The molecule has 0 saturated carbocycles. The molecule has 2 aromatic rings. The number of amides is 3. The number of imide groups is 1. The molecule has 0 bridgehead atoms. The smallest absolute Gasteiger partial charge is 0.293 e. The van der Waals surface area contributed by atoms with Crippen molar-refractivity contribution >= 4 is 46.7 Å². The van der Waals surface area contributed by atoms with E-state index in [-0.39, 0.29) is 35.2 Å². The number of aromatic nitrogens is 3. The van der Waals surface area contributed by atoms with Crippen LogP contribution >= 0.6 is 23.5 Å². The fourth-order valence-electron chi connectivity index (χ4n) is 2.61. The van der Waals surface area contributed by atoms with Gasteiger partial charge in [-0.25, -0.2) is 9.37 Å². The van der Waals surface area contributed by atoms with Crippen molar-refractivity contribution in [2.45, 2.75) is 24.9 Å². The predicted octanol–water partition coefficient (Wildman–Crippen LogP) is 2.84. The van der Waals surface area contributed by atoms with Crippen molar-refractivity contribution in [1.82, 2.24) is 25.4 Å². The molecule has 0 atom stereocenters. The minimum atomic E-state index is -0.499. The molecule has 2 heterocycles. The second kappa shape index (κ2) is 10.4. The van der Waals surface area contributed by atoms with E-state index in [1.54, 1.807) is 12.1 Å². The summed E-state index contributed by atoms with van der Waals surface area (Å²) in [5.41, 5.74) is 0.238. The number of benzene rings is 1. The molecule has 0 radical (unpaired) electrons. The molecular formula is C19H20FN5O3S2. The first-order valence-electron chi connectivity index (χ1n) is 9.28. The summed E-state index contributed by atoms with van der Waals surface area (Å²) in [6.45, 7) is 2.20. The quantitative estimate of drug-likeness (QED) is 0.448. The van der Waals surface area contributed by atoms with Gasteiger partial charge in [0, 0.05) is 25.1 Å². The first-order valence-corrected chi connectivity index (χ1v) is 11.1. The molecule has 1 aliphatic heterocycles. The molecular weight excluding hydrogens is 429 g/mol. The maximum Gasteiger partial charge on any atom is 0.293 e. The molecule has 0 aliphatic carbocycles. The average molecular weight is 450 g/mol. The zero-order valence-corrected chi connectivity index (χ0v) is 17.8. The number of nitrogens with zero attached hydrogens (tertiary/aromatic N) is 3. The summed E-state index contributed by atoms with van der Waals surface area (Å²) < 4.78 is 13.8. The molecule has 1 fully saturated rings. The summed E-state index contributed by atoms with van der Waals surface area (Å²) in [5.74, 6) is -0.319. The summed E-state index contributed by atoms with van der Waals surface area (Å²) in [4.78, 5) is 42.0. The Hall–Kier alpha value is -2.66. The minimum Gasteiger partial charge on any atom is -0.354 e. The van der Waals surface area contributed by atoms with E-state index < -0.39 is 17.0 Å². The Bertz CT molecular complexity index is 979. The van der Waals surface area contributed by atoms with Crippen molar-refractivity contribution in [2.75, 3.05) is 18.8 Å². The Morgan fingerprint density at radius 2 is 2.17 bits per heavy atom. The fraction of sp³-hybridized carbons (Fsp3) is 0.316. The number of nitrogens with one attached hydrogen (secondary N) is 2. The van der Waals surface area contributed by atoms with Crippen molar-refractivity contribution in [3.63, 3.8) is 0 Å². The second-order valence-corrected chi connectivity index (χ2v) is 8.24. The topological polar surface area (TPSA) is 108 Å². The zero-order chi connectivity index (χ0) is 21.5. The third-order valence-corrected chi connectivity index (χ3v) is 5.81. The number of rotatable bonds is 9. The lowest BCUT2D eigenvalue weighted by molar-refractivity contribution is -0.123. The molecule has 8 nitrogen and oxygen atoms in total. The van der Waals surface area contributed by atoms with E-state index >= 15 is 0 Å². The maximum atomic E-state index is 13.8. The molecule has 3 amide bonds. The first-order chi connectivity index (χ1) is 14.5. The van der Waals surface area contributed by atoms with E-state index in [0.717, 1.165) is 35.3 Å². The molecule has 3 rings (SSSR count). The number of aryl methyl sites for hydroxylation is 1. The normalized spacial score (nSPS) is 15.3. The standard InChI is InChI=1S/C19H20FN5O3S2/c1-2-5-15-22-18(24-23-15)29-11-16(26)21-8-9-25-17(27)14(30-19(25)28)10-12-6-3-4-7-13(12)20/h3-4,6-7,10H,2,5,8-9,11H2,1H3,(H,21,26)(H,22,23,24)/b14-10-. The Morgan fingerprint density at radius 3 is 2.93 bits per heavy atom. The van der Waals surface area contributed by atoms with Gasteiger partial charge in [0.15, 0.2) is 0 Å². The van der Waals surface area contributed by atoms with E-state index in [2.05, 4.69) is 20.5 Å². The molecule has 1 aromatic heterocycles. The summed E-state index contributed by atoms with van der Waals surface area (Å²) in [6.07, 6.45) is 3.10. The van der Waals surface area contributed by atoms with Gasteiger partial charge in [-0.3, -0.25) is 24.4 Å². The van der Waals surface area contributed by atoms with Crippen LogP contribution in [-0.2, 0) is 16.0 Å². The highest BCUT2D eigenvalue weighted by Crippen LogP contribution is 2.32. The van der Waals surface area contributed by atoms with Gasteiger partial charge in [-0.15, -0.1) is 5.10 Å². The van der Waals surface area contributed by atoms with Gasteiger partial charge in [-0.05, 0) is 30.3 Å². The number of hydrogen-bond donors (Lipinski definition) is 2. The number of carbonyl (C=O) groups is 3. The Morgan fingerprint density at radius 1 is 1.37 bits per heavy atom. The SMILES string of the molecule is CCCc1nc(SCC(=O)NCCN2C(=O)S/C(=C\c3ccccc3F)C2=O)n[nH]1. The third-order valence-electron chi connectivity index (χ3n) is 4.05. The van der Waals surface area contributed by atoms with Crippen LogP contribution in [-0.4, -0.2) is 56.0 Å². The summed E-state index contributed by atoms with van der Waals surface area (Å²) in [7, 11) is 0. The molecule has 1 aromatic carbocycles. The Kier molecular flexibility index (Phi) is 7.63. The minimum absolute atomic E-state index is 0.0387. The van der Waals surface area contributed by atoms with Gasteiger partial charge in [0.25, 0.3) is 11.1 Å². The molecule has 1 saturated heterocycles. The lowest BCUT2D eigenvalue weighted by Gasteiger charge is -2.12. The number of thioether (sulfide) groups is 2. The lowest BCUT2D eigenvalue weighted by atomic mass is 10.2. The van der Waals surface area contributed by atoms with E-state index in [1.807, 2.05) is 6.92 Å². The summed E-state index contributed by atoms with van der Waals surface area (Å²) >= 11 is 1.95. The van der Waals surface area contributed by atoms with Crippen LogP contribution in [0.15, 0.2) is 34.3 Å². The Balaban J connectivity index is 1.46. The van der Waals surface area contributed by atoms with Crippen molar-refractivity contribution in [2.24, 2.45) is 0 Å². The number of carbonyl (C=O) groups excluding carboxylic acids is 3. The Labute approximate surface area is 181 Å². The van der Waals surface area contributed by atoms with E-state index in [4.69, 9.17) is 0 Å².